The van der Waals surface area contributed by atoms with E-state index in [-0.39, 0.29) is 5.91 Å². The average Bonchev–Trinajstić information content (AvgIpc) is 2.86. The Hall–Kier alpha value is -1.75. The summed E-state index contributed by atoms with van der Waals surface area (Å²) < 4.78 is 10.4. The number of ether oxygens (including phenoxy) is 2. The largest absolute Gasteiger partial charge is 0.497 e. The molecule has 0 aliphatic carbocycles. The summed E-state index contributed by atoms with van der Waals surface area (Å²) in [7, 11) is 3.16. The number of benzene rings is 1. The Morgan fingerprint density at radius 3 is 2.52 bits per heavy atom. The number of carbonyl (C=O) groups is 1. The van der Waals surface area contributed by atoms with Gasteiger partial charge in [-0.1, -0.05) is 12.8 Å². The smallest absolute Gasteiger partial charge is 0.255 e. The first kappa shape index (κ1) is 17.6. The van der Waals surface area contributed by atoms with Crippen LogP contribution < -0.4 is 14.8 Å². The third-order valence-corrected chi connectivity index (χ3v) is 4.29. The summed E-state index contributed by atoms with van der Waals surface area (Å²) in [6, 6.07) is 5.25. The monoisotopic (exact) mass is 320 g/mol. The van der Waals surface area contributed by atoms with Crippen LogP contribution in [0.25, 0.3) is 0 Å². The van der Waals surface area contributed by atoms with E-state index in [0.717, 1.165) is 13.0 Å². The van der Waals surface area contributed by atoms with Crippen molar-refractivity contribution in [1.29, 1.82) is 0 Å². The lowest BCUT2D eigenvalue weighted by molar-refractivity contribution is 0.0948. The van der Waals surface area contributed by atoms with E-state index < -0.39 is 0 Å². The van der Waals surface area contributed by atoms with Crippen molar-refractivity contribution >= 4 is 5.91 Å². The predicted molar refractivity (Wildman–Crippen MR) is 91.4 cm³/mol. The molecule has 0 unspecified atom stereocenters. The van der Waals surface area contributed by atoms with Crippen molar-refractivity contribution in [3.8, 4) is 11.5 Å². The van der Waals surface area contributed by atoms with Crippen molar-refractivity contribution in [2.45, 2.75) is 32.1 Å². The Morgan fingerprint density at radius 2 is 1.87 bits per heavy atom. The summed E-state index contributed by atoms with van der Waals surface area (Å²) in [5, 5.41) is 2.98. The average molecular weight is 320 g/mol. The molecule has 1 aliphatic rings. The zero-order valence-corrected chi connectivity index (χ0v) is 14.3. The Balaban J connectivity index is 1.80. The lowest BCUT2D eigenvalue weighted by Gasteiger charge is -2.19. The minimum atomic E-state index is -0.114. The molecule has 0 spiro atoms. The highest BCUT2D eigenvalue weighted by Crippen LogP contribution is 2.23. The number of carbonyl (C=O) groups excluding carboxylic acids is 1. The molecule has 5 heteroatoms. The normalized spacial score (nSPS) is 15.7. The number of amides is 1. The molecule has 1 N–H and O–H groups in total. The highest BCUT2D eigenvalue weighted by molar-refractivity contribution is 5.97. The SMILES string of the molecule is COc1ccc(OC)c(C(=O)NCCCN2CCCCCC2)c1. The summed E-state index contributed by atoms with van der Waals surface area (Å²) in [4.78, 5) is 14.8. The van der Waals surface area contributed by atoms with E-state index in [1.807, 2.05) is 0 Å². The first-order valence-corrected chi connectivity index (χ1v) is 8.47. The van der Waals surface area contributed by atoms with Gasteiger partial charge in [0, 0.05) is 6.54 Å². The maximum atomic E-state index is 12.3. The van der Waals surface area contributed by atoms with E-state index in [0.29, 0.717) is 23.6 Å². The first-order valence-electron chi connectivity index (χ1n) is 8.47. The van der Waals surface area contributed by atoms with Crippen molar-refractivity contribution in [2.75, 3.05) is 40.4 Å². The zero-order valence-electron chi connectivity index (χ0n) is 14.3. The minimum Gasteiger partial charge on any atom is -0.497 e. The molecule has 0 aromatic heterocycles. The lowest BCUT2D eigenvalue weighted by Crippen LogP contribution is -2.30. The topological polar surface area (TPSA) is 50.8 Å². The van der Waals surface area contributed by atoms with E-state index in [9.17, 15) is 4.79 Å². The predicted octanol–water partition coefficient (Wildman–Crippen LogP) is 2.70. The second-order valence-electron chi connectivity index (χ2n) is 5.93. The van der Waals surface area contributed by atoms with Crippen LogP contribution in [0, 0.1) is 0 Å². The number of likely N-dealkylation sites (tertiary alicyclic amines) is 1. The Morgan fingerprint density at radius 1 is 1.13 bits per heavy atom. The summed E-state index contributed by atoms with van der Waals surface area (Å²) >= 11 is 0. The van der Waals surface area contributed by atoms with Crippen LogP contribution in [0.2, 0.25) is 0 Å². The second-order valence-corrected chi connectivity index (χ2v) is 5.93. The van der Waals surface area contributed by atoms with Gasteiger partial charge in [0.2, 0.25) is 0 Å². The Bertz CT molecular complexity index is 497. The van der Waals surface area contributed by atoms with Crippen molar-refractivity contribution < 1.29 is 14.3 Å². The molecule has 5 nitrogen and oxygen atoms in total. The molecule has 1 saturated heterocycles. The van der Waals surface area contributed by atoms with Gasteiger partial charge in [0.05, 0.1) is 19.8 Å². The molecular formula is C18H28N2O3. The van der Waals surface area contributed by atoms with Gasteiger partial charge < -0.3 is 19.7 Å². The van der Waals surface area contributed by atoms with E-state index in [1.54, 1.807) is 32.4 Å². The highest BCUT2D eigenvalue weighted by Gasteiger charge is 2.13. The van der Waals surface area contributed by atoms with Crippen LogP contribution in [0.1, 0.15) is 42.5 Å². The van der Waals surface area contributed by atoms with Crippen LogP contribution >= 0.6 is 0 Å². The molecule has 1 aromatic rings. The van der Waals surface area contributed by atoms with Gasteiger partial charge in [-0.15, -0.1) is 0 Å². The molecule has 1 amide bonds. The van der Waals surface area contributed by atoms with Crippen molar-refractivity contribution in [2.24, 2.45) is 0 Å². The molecule has 23 heavy (non-hydrogen) atoms. The standard InChI is InChI=1S/C18H28N2O3/c1-22-15-8-9-17(23-2)16(14-15)18(21)19-10-7-13-20-11-5-3-4-6-12-20/h8-9,14H,3-7,10-13H2,1-2H3,(H,19,21). The number of methoxy groups -OCH3 is 2. The van der Waals surface area contributed by atoms with Crippen LogP contribution in [0.3, 0.4) is 0 Å². The quantitative estimate of drug-likeness (QED) is 0.785. The number of hydrogen-bond acceptors (Lipinski definition) is 4. The number of nitrogens with one attached hydrogen (secondary N) is 1. The van der Waals surface area contributed by atoms with Crippen LogP contribution in [0.5, 0.6) is 11.5 Å². The van der Waals surface area contributed by atoms with E-state index in [1.165, 1.54) is 38.8 Å². The number of nitrogens with zero attached hydrogens (tertiary/aromatic N) is 1. The summed E-state index contributed by atoms with van der Waals surface area (Å²) in [5.41, 5.74) is 0.515. The number of rotatable bonds is 7. The minimum absolute atomic E-state index is 0.114. The third kappa shape index (κ3) is 5.43. The van der Waals surface area contributed by atoms with Crippen molar-refractivity contribution in [3.05, 3.63) is 23.8 Å². The molecule has 0 radical (unpaired) electrons. The molecule has 1 aliphatic heterocycles. The van der Waals surface area contributed by atoms with Gasteiger partial charge in [0.1, 0.15) is 11.5 Å². The number of hydrogen-bond donors (Lipinski definition) is 1. The van der Waals surface area contributed by atoms with Crippen LogP contribution in [0.15, 0.2) is 18.2 Å². The van der Waals surface area contributed by atoms with Crippen LogP contribution in [0.4, 0.5) is 0 Å². The summed E-state index contributed by atoms with van der Waals surface area (Å²) in [6.45, 7) is 4.11. The third-order valence-electron chi connectivity index (χ3n) is 4.29. The fourth-order valence-corrected chi connectivity index (χ4v) is 2.95. The van der Waals surface area contributed by atoms with Gasteiger partial charge in [-0.2, -0.15) is 0 Å². The first-order chi connectivity index (χ1) is 11.2. The van der Waals surface area contributed by atoms with Crippen molar-refractivity contribution in [1.82, 2.24) is 10.2 Å². The van der Waals surface area contributed by atoms with Gasteiger partial charge in [-0.05, 0) is 57.1 Å². The van der Waals surface area contributed by atoms with Gasteiger partial charge in [-0.25, -0.2) is 0 Å². The molecule has 1 heterocycles. The second kappa shape index (κ2) is 9.40. The Labute approximate surface area is 139 Å². The molecule has 0 bridgehead atoms. The maximum absolute atomic E-state index is 12.3. The fourth-order valence-electron chi connectivity index (χ4n) is 2.95. The van der Waals surface area contributed by atoms with Crippen LogP contribution in [-0.4, -0.2) is 51.2 Å². The van der Waals surface area contributed by atoms with Gasteiger partial charge in [-0.3, -0.25) is 4.79 Å². The molecule has 128 valence electrons. The van der Waals surface area contributed by atoms with Crippen LogP contribution in [-0.2, 0) is 0 Å². The molecule has 0 saturated carbocycles. The summed E-state index contributed by atoms with van der Waals surface area (Å²) in [5.74, 6) is 1.10. The van der Waals surface area contributed by atoms with Gasteiger partial charge >= 0.3 is 0 Å². The summed E-state index contributed by atoms with van der Waals surface area (Å²) in [6.07, 6.45) is 6.27. The van der Waals surface area contributed by atoms with E-state index >= 15 is 0 Å². The molecule has 2 rings (SSSR count). The highest BCUT2D eigenvalue weighted by atomic mass is 16.5. The lowest BCUT2D eigenvalue weighted by atomic mass is 10.1. The molecular weight excluding hydrogens is 292 g/mol. The maximum Gasteiger partial charge on any atom is 0.255 e. The fraction of sp³-hybridized carbons (Fsp3) is 0.611. The van der Waals surface area contributed by atoms with E-state index in [2.05, 4.69) is 10.2 Å². The Kier molecular flexibility index (Phi) is 7.20. The van der Waals surface area contributed by atoms with Crippen molar-refractivity contribution in [3.63, 3.8) is 0 Å². The molecule has 0 atom stereocenters. The zero-order chi connectivity index (χ0) is 16.5. The molecule has 1 aromatic carbocycles. The van der Waals surface area contributed by atoms with Gasteiger partial charge in [0.25, 0.3) is 5.91 Å². The molecule has 1 fully saturated rings. The van der Waals surface area contributed by atoms with E-state index in [4.69, 9.17) is 9.47 Å². The van der Waals surface area contributed by atoms with Gasteiger partial charge in [0.15, 0.2) is 0 Å².